The van der Waals surface area contributed by atoms with Crippen LogP contribution >= 0.6 is 11.6 Å². The van der Waals surface area contributed by atoms with Crippen LogP contribution in [0, 0.1) is 5.82 Å². The number of hydrogen-bond acceptors (Lipinski definition) is 2. The molecule has 3 nitrogen and oxygen atoms in total. The van der Waals surface area contributed by atoms with Gasteiger partial charge in [-0.25, -0.2) is 9.37 Å². The van der Waals surface area contributed by atoms with Crippen LogP contribution in [0.3, 0.4) is 0 Å². The summed E-state index contributed by atoms with van der Waals surface area (Å²) in [6, 6.07) is 6.76. The molecule has 2 rings (SSSR count). The molecule has 1 aromatic carbocycles. The standard InChI is InChI=1S/C14H17ClFN3/c1-10(11-4-6-12(16)7-5-11)18(2)9-14-17-8-13(15)19(14)3/h4-8,10H,9H2,1-3H3. The van der Waals surface area contributed by atoms with Crippen LogP contribution in [0.1, 0.15) is 24.4 Å². The highest BCUT2D eigenvalue weighted by Crippen LogP contribution is 2.21. The van der Waals surface area contributed by atoms with Gasteiger partial charge in [-0.3, -0.25) is 4.90 Å². The van der Waals surface area contributed by atoms with Crippen molar-refractivity contribution in [2.24, 2.45) is 7.05 Å². The lowest BCUT2D eigenvalue weighted by atomic mass is 10.1. The summed E-state index contributed by atoms with van der Waals surface area (Å²) in [5.74, 6) is 0.691. The van der Waals surface area contributed by atoms with E-state index in [0.717, 1.165) is 11.4 Å². The Morgan fingerprint density at radius 1 is 1.37 bits per heavy atom. The maximum atomic E-state index is 12.9. The Labute approximate surface area is 117 Å². The molecule has 0 radical (unpaired) electrons. The average Bonchev–Trinajstić information content (AvgIpc) is 2.71. The second-order valence-corrected chi connectivity index (χ2v) is 5.09. The van der Waals surface area contributed by atoms with Gasteiger partial charge < -0.3 is 4.57 Å². The van der Waals surface area contributed by atoms with Crippen LogP contribution in [-0.2, 0) is 13.6 Å². The van der Waals surface area contributed by atoms with Crippen LogP contribution in [0.4, 0.5) is 4.39 Å². The van der Waals surface area contributed by atoms with E-state index in [1.54, 1.807) is 6.20 Å². The first-order chi connectivity index (χ1) is 8.99. The first kappa shape index (κ1) is 14.0. The van der Waals surface area contributed by atoms with Gasteiger partial charge in [-0.2, -0.15) is 0 Å². The van der Waals surface area contributed by atoms with Gasteiger partial charge in [0.15, 0.2) is 0 Å². The summed E-state index contributed by atoms with van der Waals surface area (Å²) >= 11 is 5.97. The highest BCUT2D eigenvalue weighted by Gasteiger charge is 2.14. The van der Waals surface area contributed by atoms with E-state index in [0.29, 0.717) is 11.7 Å². The fraction of sp³-hybridized carbons (Fsp3) is 0.357. The molecule has 0 saturated heterocycles. The summed E-state index contributed by atoms with van der Waals surface area (Å²) in [4.78, 5) is 6.42. The van der Waals surface area contributed by atoms with Crippen molar-refractivity contribution in [1.82, 2.24) is 14.5 Å². The zero-order chi connectivity index (χ0) is 14.0. The predicted molar refractivity (Wildman–Crippen MR) is 74.5 cm³/mol. The maximum Gasteiger partial charge on any atom is 0.128 e. The molecule has 2 aromatic rings. The van der Waals surface area contributed by atoms with Crippen LogP contribution in [-0.4, -0.2) is 21.5 Å². The quantitative estimate of drug-likeness (QED) is 0.856. The van der Waals surface area contributed by atoms with E-state index >= 15 is 0 Å². The van der Waals surface area contributed by atoms with Gasteiger partial charge in [0, 0.05) is 13.1 Å². The molecule has 5 heteroatoms. The Bertz CT molecular complexity index is 550. The van der Waals surface area contributed by atoms with E-state index in [1.807, 2.05) is 30.8 Å². The van der Waals surface area contributed by atoms with E-state index < -0.39 is 0 Å². The molecule has 0 saturated carbocycles. The Morgan fingerprint density at radius 3 is 2.53 bits per heavy atom. The lowest BCUT2D eigenvalue weighted by molar-refractivity contribution is 0.244. The number of nitrogens with zero attached hydrogens (tertiary/aromatic N) is 3. The Kier molecular flexibility index (Phi) is 4.22. The van der Waals surface area contributed by atoms with Crippen molar-refractivity contribution >= 4 is 11.6 Å². The van der Waals surface area contributed by atoms with Crippen LogP contribution in [0.25, 0.3) is 0 Å². The third-order valence-corrected chi connectivity index (χ3v) is 3.78. The van der Waals surface area contributed by atoms with Crippen molar-refractivity contribution < 1.29 is 4.39 Å². The zero-order valence-electron chi connectivity index (χ0n) is 11.3. The van der Waals surface area contributed by atoms with E-state index in [-0.39, 0.29) is 11.9 Å². The van der Waals surface area contributed by atoms with Crippen molar-refractivity contribution in [3.63, 3.8) is 0 Å². The summed E-state index contributed by atoms with van der Waals surface area (Å²) in [6.07, 6.45) is 1.65. The van der Waals surface area contributed by atoms with Gasteiger partial charge in [-0.1, -0.05) is 23.7 Å². The fourth-order valence-electron chi connectivity index (χ4n) is 1.93. The van der Waals surface area contributed by atoms with E-state index in [4.69, 9.17) is 11.6 Å². The number of imidazole rings is 1. The van der Waals surface area contributed by atoms with Crippen LogP contribution < -0.4 is 0 Å². The number of aromatic nitrogens is 2. The van der Waals surface area contributed by atoms with Gasteiger partial charge in [0.25, 0.3) is 0 Å². The first-order valence-electron chi connectivity index (χ1n) is 6.11. The van der Waals surface area contributed by atoms with Gasteiger partial charge in [0.1, 0.15) is 16.8 Å². The van der Waals surface area contributed by atoms with Crippen LogP contribution in [0.5, 0.6) is 0 Å². The van der Waals surface area contributed by atoms with Crippen molar-refractivity contribution in [2.45, 2.75) is 19.5 Å². The summed E-state index contributed by atoms with van der Waals surface area (Å²) in [7, 11) is 3.90. The number of benzene rings is 1. The van der Waals surface area contributed by atoms with Gasteiger partial charge in [0.2, 0.25) is 0 Å². The molecule has 0 bridgehead atoms. The highest BCUT2D eigenvalue weighted by atomic mass is 35.5. The van der Waals surface area contributed by atoms with E-state index in [9.17, 15) is 4.39 Å². The lowest BCUT2D eigenvalue weighted by Crippen LogP contribution is -2.23. The Morgan fingerprint density at radius 2 is 2.00 bits per heavy atom. The fourth-order valence-corrected chi connectivity index (χ4v) is 2.07. The summed E-state index contributed by atoms with van der Waals surface area (Å²) in [5, 5.41) is 0.623. The Balaban J connectivity index is 2.09. The molecule has 0 N–H and O–H groups in total. The molecule has 0 aliphatic rings. The summed E-state index contributed by atoms with van der Waals surface area (Å²) in [5.41, 5.74) is 1.07. The lowest BCUT2D eigenvalue weighted by Gasteiger charge is -2.24. The van der Waals surface area contributed by atoms with Crippen molar-refractivity contribution in [3.05, 3.63) is 52.8 Å². The number of hydrogen-bond donors (Lipinski definition) is 0. The molecule has 0 aliphatic carbocycles. The summed E-state index contributed by atoms with van der Waals surface area (Å²) < 4.78 is 14.8. The SMILES string of the molecule is CC(c1ccc(F)cc1)N(C)Cc1ncc(Cl)n1C. The molecule has 0 fully saturated rings. The van der Waals surface area contributed by atoms with Crippen LogP contribution in [0.2, 0.25) is 5.15 Å². The minimum absolute atomic E-state index is 0.177. The Hall–Kier alpha value is -1.39. The molecule has 0 spiro atoms. The van der Waals surface area contributed by atoms with Gasteiger partial charge in [-0.05, 0) is 31.7 Å². The molecule has 0 aliphatic heterocycles. The molecule has 0 amide bonds. The van der Waals surface area contributed by atoms with Crippen molar-refractivity contribution in [2.75, 3.05) is 7.05 Å². The monoisotopic (exact) mass is 281 g/mol. The second kappa shape index (κ2) is 5.72. The molecule has 1 heterocycles. The van der Waals surface area contributed by atoms with Gasteiger partial charge in [-0.15, -0.1) is 0 Å². The molecule has 19 heavy (non-hydrogen) atoms. The maximum absolute atomic E-state index is 12.9. The number of rotatable bonds is 4. The van der Waals surface area contributed by atoms with E-state index in [1.165, 1.54) is 12.1 Å². The third kappa shape index (κ3) is 3.14. The van der Waals surface area contributed by atoms with Crippen molar-refractivity contribution in [3.8, 4) is 0 Å². The largest absolute Gasteiger partial charge is 0.321 e. The molecule has 1 aromatic heterocycles. The normalized spacial score (nSPS) is 12.9. The van der Waals surface area contributed by atoms with Gasteiger partial charge in [0.05, 0.1) is 12.7 Å². The molecular weight excluding hydrogens is 265 g/mol. The zero-order valence-corrected chi connectivity index (χ0v) is 12.0. The first-order valence-corrected chi connectivity index (χ1v) is 6.48. The molecule has 1 unspecified atom stereocenters. The minimum atomic E-state index is -0.213. The summed E-state index contributed by atoms with van der Waals surface area (Å²) in [6.45, 7) is 2.76. The molecular formula is C14H17ClFN3. The topological polar surface area (TPSA) is 21.1 Å². The third-order valence-electron chi connectivity index (χ3n) is 3.43. The molecule has 102 valence electrons. The highest BCUT2D eigenvalue weighted by molar-refractivity contribution is 6.29. The van der Waals surface area contributed by atoms with E-state index in [2.05, 4.69) is 16.8 Å². The second-order valence-electron chi connectivity index (χ2n) is 4.70. The number of halogens is 2. The predicted octanol–water partition coefficient (Wildman–Crippen LogP) is 3.41. The smallest absolute Gasteiger partial charge is 0.128 e. The van der Waals surface area contributed by atoms with Crippen LogP contribution in [0.15, 0.2) is 30.5 Å². The minimum Gasteiger partial charge on any atom is -0.321 e. The molecule has 1 atom stereocenters. The van der Waals surface area contributed by atoms with Gasteiger partial charge >= 0.3 is 0 Å². The average molecular weight is 282 g/mol. The van der Waals surface area contributed by atoms with Crippen molar-refractivity contribution in [1.29, 1.82) is 0 Å².